The summed E-state index contributed by atoms with van der Waals surface area (Å²) in [6.45, 7) is 4.53. The molecule has 1 aliphatic rings. The summed E-state index contributed by atoms with van der Waals surface area (Å²) in [6, 6.07) is 12.2. The molecule has 1 nitrogen and oxygen atoms in total. The van der Waals surface area contributed by atoms with E-state index in [1.807, 2.05) is 11.3 Å². The summed E-state index contributed by atoms with van der Waals surface area (Å²) in [7, 11) is 0. The van der Waals surface area contributed by atoms with E-state index < -0.39 is 0 Å². The number of nitrogens with one attached hydrogen (secondary N) is 1. The van der Waals surface area contributed by atoms with Crippen molar-refractivity contribution in [2.24, 2.45) is 0 Å². The van der Waals surface area contributed by atoms with Gasteiger partial charge in [-0.25, -0.2) is 0 Å². The van der Waals surface area contributed by atoms with Crippen LogP contribution in [-0.2, 0) is 12.8 Å². The summed E-state index contributed by atoms with van der Waals surface area (Å²) in [5.74, 6) is 0. The van der Waals surface area contributed by atoms with Crippen molar-refractivity contribution in [3.8, 4) is 0 Å². The van der Waals surface area contributed by atoms with E-state index in [9.17, 15) is 0 Å². The van der Waals surface area contributed by atoms with E-state index in [2.05, 4.69) is 72.1 Å². The van der Waals surface area contributed by atoms with Gasteiger partial charge in [0.25, 0.3) is 0 Å². The molecule has 112 valence electrons. The molecule has 0 spiro atoms. The molecule has 0 bridgehead atoms. The third kappa shape index (κ3) is 3.69. The molecule has 1 N–H and O–H groups in total. The monoisotopic (exact) mass is 411 g/mol. The molecule has 1 aromatic heterocycles. The molecule has 2 aromatic rings. The Bertz CT molecular complexity index is 619. The van der Waals surface area contributed by atoms with Gasteiger partial charge < -0.3 is 5.32 Å². The van der Waals surface area contributed by atoms with E-state index >= 15 is 0 Å². The molecule has 2 atom stereocenters. The Kier molecular flexibility index (Phi) is 5.02. The molecule has 0 amide bonds. The highest BCUT2D eigenvalue weighted by atomic mass is 127. The van der Waals surface area contributed by atoms with Crippen molar-refractivity contribution in [1.82, 2.24) is 5.32 Å². The zero-order valence-corrected chi connectivity index (χ0v) is 15.6. The Morgan fingerprint density at radius 3 is 3.00 bits per heavy atom. The largest absolute Gasteiger partial charge is 0.307 e. The Balaban J connectivity index is 1.68. The van der Waals surface area contributed by atoms with E-state index in [0.717, 1.165) is 6.42 Å². The maximum atomic E-state index is 3.87. The van der Waals surface area contributed by atoms with Crippen LogP contribution in [0.4, 0.5) is 0 Å². The lowest BCUT2D eigenvalue weighted by atomic mass is 9.92. The standard InChI is InChI=1S/C18H22INS/c1-12-6-3-4-7-14(12)10-13(2)20-16-8-5-9-17-15(16)11-18(19)21-17/h3-4,6-7,11,13,16,20H,5,8-10H2,1-2H3. The van der Waals surface area contributed by atoms with Gasteiger partial charge in [0.05, 0.1) is 2.88 Å². The van der Waals surface area contributed by atoms with Gasteiger partial charge in [-0.3, -0.25) is 0 Å². The van der Waals surface area contributed by atoms with Crippen LogP contribution in [0.2, 0.25) is 0 Å². The van der Waals surface area contributed by atoms with E-state index in [-0.39, 0.29) is 0 Å². The zero-order valence-electron chi connectivity index (χ0n) is 12.7. The van der Waals surface area contributed by atoms with Gasteiger partial charge in [0.1, 0.15) is 0 Å². The van der Waals surface area contributed by atoms with Crippen molar-refractivity contribution >= 4 is 33.9 Å². The van der Waals surface area contributed by atoms with Crippen LogP contribution in [0.3, 0.4) is 0 Å². The highest BCUT2D eigenvalue weighted by molar-refractivity contribution is 14.1. The molecule has 0 aliphatic heterocycles. The fourth-order valence-electron chi connectivity index (χ4n) is 3.27. The molecule has 1 aromatic carbocycles. The molecular formula is C18H22INS. The van der Waals surface area contributed by atoms with Crippen molar-refractivity contribution in [1.29, 1.82) is 0 Å². The maximum absolute atomic E-state index is 3.87. The molecule has 0 radical (unpaired) electrons. The Morgan fingerprint density at radius 1 is 1.38 bits per heavy atom. The van der Waals surface area contributed by atoms with Crippen LogP contribution < -0.4 is 5.32 Å². The predicted molar refractivity (Wildman–Crippen MR) is 100 cm³/mol. The van der Waals surface area contributed by atoms with Gasteiger partial charge in [0.15, 0.2) is 0 Å². The number of hydrogen-bond acceptors (Lipinski definition) is 2. The second-order valence-corrected chi connectivity index (χ2v) is 9.10. The first-order valence-corrected chi connectivity index (χ1v) is 9.61. The van der Waals surface area contributed by atoms with Crippen molar-refractivity contribution in [3.05, 3.63) is 54.8 Å². The van der Waals surface area contributed by atoms with Crippen molar-refractivity contribution < 1.29 is 0 Å². The number of fused-ring (bicyclic) bond motifs is 1. The van der Waals surface area contributed by atoms with Crippen molar-refractivity contribution in [2.45, 2.75) is 51.6 Å². The number of hydrogen-bond donors (Lipinski definition) is 1. The molecule has 0 fully saturated rings. The normalized spacial score (nSPS) is 19.3. The minimum absolute atomic E-state index is 0.514. The predicted octanol–water partition coefficient (Wildman–Crippen LogP) is 5.26. The molecule has 2 unspecified atom stereocenters. The van der Waals surface area contributed by atoms with Crippen LogP contribution >= 0.6 is 33.9 Å². The summed E-state index contributed by atoms with van der Waals surface area (Å²) in [6.07, 6.45) is 4.98. The molecule has 3 rings (SSSR count). The SMILES string of the molecule is Cc1ccccc1CC(C)NC1CCCc2sc(I)cc21. The molecule has 21 heavy (non-hydrogen) atoms. The van der Waals surface area contributed by atoms with Crippen molar-refractivity contribution in [2.75, 3.05) is 0 Å². The zero-order chi connectivity index (χ0) is 14.8. The third-order valence-corrected chi connectivity index (χ3v) is 6.33. The van der Waals surface area contributed by atoms with E-state index in [4.69, 9.17) is 0 Å². The van der Waals surface area contributed by atoms with Gasteiger partial charge in [0.2, 0.25) is 0 Å². The van der Waals surface area contributed by atoms with Crippen LogP contribution in [0.5, 0.6) is 0 Å². The van der Waals surface area contributed by atoms with Gasteiger partial charge in [-0.05, 0) is 84.9 Å². The topological polar surface area (TPSA) is 12.0 Å². The Hall–Kier alpha value is -0.390. The summed E-state index contributed by atoms with van der Waals surface area (Å²) in [5.41, 5.74) is 4.43. The molecule has 0 saturated carbocycles. The Morgan fingerprint density at radius 2 is 2.19 bits per heavy atom. The Labute approximate surface area is 145 Å². The third-order valence-electron chi connectivity index (χ3n) is 4.36. The highest BCUT2D eigenvalue weighted by Crippen LogP contribution is 2.36. The summed E-state index contributed by atoms with van der Waals surface area (Å²) in [4.78, 5) is 1.60. The number of thiophene rings is 1. The molecule has 3 heteroatoms. The first-order valence-electron chi connectivity index (χ1n) is 7.72. The summed E-state index contributed by atoms with van der Waals surface area (Å²) < 4.78 is 1.43. The van der Waals surface area contributed by atoms with E-state index in [1.165, 1.54) is 33.3 Å². The van der Waals surface area contributed by atoms with Crippen LogP contribution in [0.1, 0.15) is 47.4 Å². The number of rotatable bonds is 4. The second kappa shape index (κ2) is 6.80. The van der Waals surface area contributed by atoms with Gasteiger partial charge in [0, 0.05) is 17.0 Å². The van der Waals surface area contributed by atoms with Crippen LogP contribution in [0.15, 0.2) is 30.3 Å². The van der Waals surface area contributed by atoms with E-state index in [0.29, 0.717) is 12.1 Å². The highest BCUT2D eigenvalue weighted by Gasteiger charge is 2.23. The smallest absolute Gasteiger partial charge is 0.0659 e. The van der Waals surface area contributed by atoms with Crippen molar-refractivity contribution in [3.63, 3.8) is 0 Å². The van der Waals surface area contributed by atoms with Crippen LogP contribution in [-0.4, -0.2) is 6.04 Å². The van der Waals surface area contributed by atoms with E-state index in [1.54, 1.807) is 10.4 Å². The average molecular weight is 411 g/mol. The summed E-state index contributed by atoms with van der Waals surface area (Å²) >= 11 is 4.43. The molecular weight excluding hydrogens is 389 g/mol. The van der Waals surface area contributed by atoms with Gasteiger partial charge in [-0.2, -0.15) is 0 Å². The fourth-order valence-corrected chi connectivity index (χ4v) is 5.39. The van der Waals surface area contributed by atoms with Crippen LogP contribution in [0, 0.1) is 9.81 Å². The number of benzene rings is 1. The quantitative estimate of drug-likeness (QED) is 0.677. The average Bonchev–Trinajstić information content (AvgIpc) is 2.83. The lowest BCUT2D eigenvalue weighted by Crippen LogP contribution is -2.33. The number of aryl methyl sites for hydroxylation is 2. The first-order chi connectivity index (χ1) is 10.1. The first kappa shape index (κ1) is 15.5. The molecule has 1 aliphatic carbocycles. The van der Waals surface area contributed by atoms with Gasteiger partial charge in [-0.1, -0.05) is 24.3 Å². The molecule has 0 saturated heterocycles. The van der Waals surface area contributed by atoms with Gasteiger partial charge in [-0.15, -0.1) is 11.3 Å². The minimum Gasteiger partial charge on any atom is -0.307 e. The number of halogens is 1. The second-order valence-electron chi connectivity index (χ2n) is 6.07. The summed E-state index contributed by atoms with van der Waals surface area (Å²) in [5, 5.41) is 3.87. The minimum atomic E-state index is 0.514. The lowest BCUT2D eigenvalue weighted by Gasteiger charge is -2.27. The molecule has 1 heterocycles. The van der Waals surface area contributed by atoms with Gasteiger partial charge >= 0.3 is 0 Å². The maximum Gasteiger partial charge on any atom is 0.0659 e. The fraction of sp³-hybridized carbons (Fsp3) is 0.444. The lowest BCUT2D eigenvalue weighted by molar-refractivity contribution is 0.409. The van der Waals surface area contributed by atoms with Crippen LogP contribution in [0.25, 0.3) is 0 Å².